The molecule has 0 aliphatic rings. The Balaban J connectivity index is 1.78. The van der Waals surface area contributed by atoms with Crippen molar-refractivity contribution < 1.29 is 13.6 Å². The molecule has 2 amide bonds. The number of nitrogens with one attached hydrogen (secondary N) is 2. The van der Waals surface area contributed by atoms with E-state index in [9.17, 15) is 13.6 Å². The Kier molecular flexibility index (Phi) is 5.49. The lowest BCUT2D eigenvalue weighted by molar-refractivity contribution is 0.235. The largest absolute Gasteiger partial charge is 0.336 e. The van der Waals surface area contributed by atoms with Crippen LogP contribution in [-0.4, -0.2) is 15.6 Å². The van der Waals surface area contributed by atoms with Crippen LogP contribution < -0.4 is 10.6 Å². The molecule has 2 aromatic carbocycles. The summed E-state index contributed by atoms with van der Waals surface area (Å²) in [4.78, 5) is 16.9. The van der Waals surface area contributed by atoms with Crippen LogP contribution in [0.2, 0.25) is 0 Å². The number of carbonyl (C=O) groups is 1. The normalized spacial score (nSPS) is 13.0. The standard InChI is InChI=1S/C20H20F2N4O/c1-13(16-9-8-15(21)12-17(16)22)24-20(27)25-18(14-6-4-3-5-7-14)19-23-10-11-26(19)2/h3-13,18H,1-2H3,(H2,24,25,27). The van der Waals surface area contributed by atoms with Crippen LogP contribution in [0.5, 0.6) is 0 Å². The van der Waals surface area contributed by atoms with Crippen molar-refractivity contribution in [2.75, 3.05) is 0 Å². The van der Waals surface area contributed by atoms with Crippen molar-refractivity contribution in [3.63, 3.8) is 0 Å². The number of aryl methyl sites for hydroxylation is 1. The fourth-order valence-corrected chi connectivity index (χ4v) is 2.90. The fraction of sp³-hybridized carbons (Fsp3) is 0.200. The quantitative estimate of drug-likeness (QED) is 0.717. The summed E-state index contributed by atoms with van der Waals surface area (Å²) in [6.07, 6.45) is 3.45. The van der Waals surface area contributed by atoms with E-state index in [4.69, 9.17) is 0 Å². The molecule has 0 fully saturated rings. The molecule has 0 bridgehead atoms. The summed E-state index contributed by atoms with van der Waals surface area (Å²) in [6.45, 7) is 1.63. The molecule has 27 heavy (non-hydrogen) atoms. The van der Waals surface area contributed by atoms with Crippen molar-refractivity contribution in [2.24, 2.45) is 7.05 Å². The zero-order chi connectivity index (χ0) is 19.4. The molecule has 2 unspecified atom stereocenters. The summed E-state index contributed by atoms with van der Waals surface area (Å²) in [7, 11) is 1.84. The minimum atomic E-state index is -0.702. The van der Waals surface area contributed by atoms with E-state index < -0.39 is 29.7 Å². The molecule has 1 heterocycles. The second-order valence-electron chi connectivity index (χ2n) is 6.25. The fourth-order valence-electron chi connectivity index (χ4n) is 2.90. The Morgan fingerprint density at radius 1 is 1.11 bits per heavy atom. The highest BCUT2D eigenvalue weighted by atomic mass is 19.1. The molecule has 140 valence electrons. The molecular formula is C20H20F2N4O. The van der Waals surface area contributed by atoms with Crippen LogP contribution in [0.15, 0.2) is 60.9 Å². The minimum Gasteiger partial charge on any atom is -0.336 e. The average Bonchev–Trinajstić information content (AvgIpc) is 3.06. The van der Waals surface area contributed by atoms with Crippen molar-refractivity contribution in [3.8, 4) is 0 Å². The number of hydrogen-bond acceptors (Lipinski definition) is 2. The van der Waals surface area contributed by atoms with Crippen LogP contribution in [-0.2, 0) is 7.05 Å². The van der Waals surface area contributed by atoms with Gasteiger partial charge in [0.25, 0.3) is 0 Å². The Morgan fingerprint density at radius 2 is 1.85 bits per heavy atom. The number of aromatic nitrogens is 2. The zero-order valence-electron chi connectivity index (χ0n) is 15.0. The zero-order valence-corrected chi connectivity index (χ0v) is 15.0. The first-order valence-corrected chi connectivity index (χ1v) is 8.50. The number of imidazole rings is 1. The third kappa shape index (κ3) is 4.31. The molecule has 0 aliphatic heterocycles. The Bertz CT molecular complexity index is 927. The van der Waals surface area contributed by atoms with Gasteiger partial charge in [0.15, 0.2) is 0 Å². The number of carbonyl (C=O) groups excluding carboxylic acids is 1. The first-order chi connectivity index (χ1) is 13.0. The predicted octanol–water partition coefficient (Wildman–Crippen LogP) is 3.85. The maximum absolute atomic E-state index is 13.9. The maximum atomic E-state index is 13.9. The van der Waals surface area contributed by atoms with Gasteiger partial charge in [-0.3, -0.25) is 0 Å². The van der Waals surface area contributed by atoms with E-state index in [0.29, 0.717) is 5.82 Å². The van der Waals surface area contributed by atoms with Crippen molar-refractivity contribution in [1.82, 2.24) is 20.2 Å². The summed E-state index contributed by atoms with van der Waals surface area (Å²) < 4.78 is 28.8. The predicted molar refractivity (Wildman–Crippen MR) is 97.9 cm³/mol. The molecule has 0 spiro atoms. The highest BCUT2D eigenvalue weighted by molar-refractivity contribution is 5.75. The van der Waals surface area contributed by atoms with Crippen molar-refractivity contribution in [3.05, 3.63) is 89.5 Å². The topological polar surface area (TPSA) is 59.0 Å². The number of amides is 2. The monoisotopic (exact) mass is 370 g/mol. The van der Waals surface area contributed by atoms with Crippen molar-refractivity contribution >= 4 is 6.03 Å². The number of nitrogens with zero attached hydrogens (tertiary/aromatic N) is 2. The van der Waals surface area contributed by atoms with E-state index in [0.717, 1.165) is 17.7 Å². The first-order valence-electron chi connectivity index (χ1n) is 8.50. The van der Waals surface area contributed by atoms with Crippen molar-refractivity contribution in [1.29, 1.82) is 0 Å². The van der Waals surface area contributed by atoms with Crippen LogP contribution in [0.25, 0.3) is 0 Å². The molecule has 2 N–H and O–H groups in total. The highest BCUT2D eigenvalue weighted by Crippen LogP contribution is 2.21. The summed E-state index contributed by atoms with van der Waals surface area (Å²) >= 11 is 0. The lowest BCUT2D eigenvalue weighted by Crippen LogP contribution is -2.40. The van der Waals surface area contributed by atoms with Crippen LogP contribution >= 0.6 is 0 Å². The molecule has 5 nitrogen and oxygen atoms in total. The maximum Gasteiger partial charge on any atom is 0.316 e. The summed E-state index contributed by atoms with van der Waals surface area (Å²) in [5.74, 6) is -0.699. The number of benzene rings is 2. The van der Waals surface area contributed by atoms with Crippen molar-refractivity contribution in [2.45, 2.75) is 19.0 Å². The molecule has 2 atom stereocenters. The minimum absolute atomic E-state index is 0.208. The van der Waals surface area contributed by atoms with Crippen LogP contribution in [0.3, 0.4) is 0 Å². The number of urea groups is 1. The van der Waals surface area contributed by atoms with E-state index in [1.807, 2.05) is 41.9 Å². The van der Waals surface area contributed by atoms with Gasteiger partial charge in [-0.2, -0.15) is 0 Å². The number of rotatable bonds is 5. The van der Waals surface area contributed by atoms with Gasteiger partial charge in [-0.05, 0) is 18.6 Å². The third-order valence-electron chi connectivity index (χ3n) is 4.30. The van der Waals surface area contributed by atoms with Crippen LogP contribution in [0, 0.1) is 11.6 Å². The Labute approximate surface area is 156 Å². The van der Waals surface area contributed by atoms with E-state index in [-0.39, 0.29) is 5.56 Å². The smallest absolute Gasteiger partial charge is 0.316 e. The van der Waals surface area contributed by atoms with E-state index >= 15 is 0 Å². The van der Waals surface area contributed by atoms with Crippen LogP contribution in [0.4, 0.5) is 13.6 Å². The van der Waals surface area contributed by atoms with Crippen LogP contribution in [0.1, 0.15) is 36.0 Å². The molecule has 3 rings (SSSR count). The molecule has 0 saturated heterocycles. The van der Waals surface area contributed by atoms with Gasteiger partial charge < -0.3 is 15.2 Å². The summed E-state index contributed by atoms with van der Waals surface area (Å²) in [5, 5.41) is 5.57. The van der Waals surface area contributed by atoms with Gasteiger partial charge in [-0.15, -0.1) is 0 Å². The van der Waals surface area contributed by atoms with Gasteiger partial charge >= 0.3 is 6.03 Å². The lowest BCUT2D eigenvalue weighted by Gasteiger charge is -2.22. The van der Waals surface area contributed by atoms with E-state index in [2.05, 4.69) is 15.6 Å². The van der Waals surface area contributed by atoms with Gasteiger partial charge in [0.2, 0.25) is 0 Å². The first kappa shape index (κ1) is 18.6. The van der Waals surface area contributed by atoms with Gasteiger partial charge in [0.05, 0.1) is 6.04 Å². The number of hydrogen-bond donors (Lipinski definition) is 2. The SMILES string of the molecule is CC(NC(=O)NC(c1ccccc1)c1nccn1C)c1ccc(F)cc1F. The molecule has 1 aromatic heterocycles. The third-order valence-corrected chi connectivity index (χ3v) is 4.30. The Hall–Kier alpha value is -3.22. The second kappa shape index (κ2) is 7.99. The molecular weight excluding hydrogens is 350 g/mol. The molecule has 0 saturated carbocycles. The second-order valence-corrected chi connectivity index (χ2v) is 6.25. The van der Waals surface area contributed by atoms with Gasteiger partial charge in [0.1, 0.15) is 23.5 Å². The lowest BCUT2D eigenvalue weighted by atomic mass is 10.1. The van der Waals surface area contributed by atoms with Gasteiger partial charge in [-0.25, -0.2) is 18.6 Å². The Morgan fingerprint density at radius 3 is 2.48 bits per heavy atom. The molecule has 0 radical (unpaired) electrons. The summed E-state index contributed by atoms with van der Waals surface area (Å²) in [6, 6.07) is 11.1. The molecule has 0 aliphatic carbocycles. The number of halogens is 2. The molecule has 7 heteroatoms. The van der Waals surface area contributed by atoms with E-state index in [1.54, 1.807) is 19.3 Å². The summed E-state index contributed by atoms with van der Waals surface area (Å²) in [5.41, 5.74) is 1.07. The highest BCUT2D eigenvalue weighted by Gasteiger charge is 2.22. The molecule has 3 aromatic rings. The van der Waals surface area contributed by atoms with E-state index in [1.165, 1.54) is 6.07 Å². The van der Waals surface area contributed by atoms with Gasteiger partial charge in [-0.1, -0.05) is 36.4 Å². The average molecular weight is 370 g/mol. The van der Waals surface area contributed by atoms with Gasteiger partial charge in [0, 0.05) is 31.1 Å².